The van der Waals surface area contributed by atoms with Crippen LogP contribution >= 0.6 is 0 Å². The van der Waals surface area contributed by atoms with Gasteiger partial charge in [0.2, 0.25) is 5.43 Å². The molecule has 114 valence electrons. The summed E-state index contributed by atoms with van der Waals surface area (Å²) in [6.07, 6.45) is 4.26. The Morgan fingerprint density at radius 1 is 1.23 bits per heavy atom. The maximum absolute atomic E-state index is 11.8. The van der Waals surface area contributed by atoms with Crippen molar-refractivity contribution < 1.29 is 14.3 Å². The molecule has 6 nitrogen and oxygen atoms in total. The van der Waals surface area contributed by atoms with E-state index in [0.717, 1.165) is 37.3 Å². The van der Waals surface area contributed by atoms with Crippen molar-refractivity contribution in [1.82, 2.24) is 5.32 Å². The first-order valence-corrected chi connectivity index (χ1v) is 7.09. The second-order valence-corrected chi connectivity index (χ2v) is 5.24. The first kappa shape index (κ1) is 14.2. The van der Waals surface area contributed by atoms with E-state index in [1.165, 1.54) is 11.1 Å². The minimum absolute atomic E-state index is 0.0618. The predicted octanol–water partition coefficient (Wildman–Crippen LogP) is 2.16. The van der Waals surface area contributed by atoms with Gasteiger partial charge in [0, 0.05) is 11.8 Å². The second kappa shape index (κ2) is 5.93. The molecule has 1 aliphatic carbocycles. The molecule has 1 aromatic carbocycles. The average Bonchev–Trinajstić information content (AvgIpc) is 2.96. The lowest BCUT2D eigenvalue weighted by molar-refractivity contribution is 0.250. The smallest absolute Gasteiger partial charge is 0.319 e. The number of anilines is 1. The van der Waals surface area contributed by atoms with Gasteiger partial charge in [-0.3, -0.25) is 4.79 Å². The summed E-state index contributed by atoms with van der Waals surface area (Å²) in [5, 5.41) is 14.4. The first-order valence-electron chi connectivity index (χ1n) is 7.09. The zero-order valence-electron chi connectivity index (χ0n) is 11.9. The van der Waals surface area contributed by atoms with Crippen molar-refractivity contribution in [3.05, 3.63) is 57.6 Å². The van der Waals surface area contributed by atoms with Crippen LogP contribution in [0.25, 0.3) is 0 Å². The molecule has 0 spiro atoms. The SMILES string of the molecule is O=C(NCc1cc(=O)c(O)co1)Nc1ccc2c(c1)CCC2. The van der Waals surface area contributed by atoms with E-state index in [9.17, 15) is 9.59 Å². The van der Waals surface area contributed by atoms with E-state index in [1.807, 2.05) is 18.2 Å². The molecule has 1 aromatic heterocycles. The largest absolute Gasteiger partial charge is 0.502 e. The Balaban J connectivity index is 1.58. The zero-order chi connectivity index (χ0) is 15.5. The average molecular weight is 300 g/mol. The molecular weight excluding hydrogens is 284 g/mol. The molecule has 0 fully saturated rings. The number of urea groups is 1. The Labute approximate surface area is 126 Å². The van der Waals surface area contributed by atoms with Crippen LogP contribution in [0.3, 0.4) is 0 Å². The van der Waals surface area contributed by atoms with Crippen LogP contribution in [0.15, 0.2) is 39.7 Å². The number of benzene rings is 1. The standard InChI is InChI=1S/C16H16N2O4/c19-14-7-13(22-9-15(14)20)8-17-16(21)18-12-5-4-10-2-1-3-11(10)6-12/h4-7,9,20H,1-3,8H2,(H2,17,18,21). The Morgan fingerprint density at radius 3 is 2.86 bits per heavy atom. The predicted molar refractivity (Wildman–Crippen MR) is 81.0 cm³/mol. The van der Waals surface area contributed by atoms with Crippen molar-refractivity contribution in [3.63, 3.8) is 0 Å². The van der Waals surface area contributed by atoms with Crippen LogP contribution in [0.5, 0.6) is 5.75 Å². The van der Waals surface area contributed by atoms with E-state index in [0.29, 0.717) is 0 Å². The van der Waals surface area contributed by atoms with Crippen LogP contribution in [0.1, 0.15) is 23.3 Å². The van der Waals surface area contributed by atoms with Gasteiger partial charge in [-0.1, -0.05) is 6.07 Å². The van der Waals surface area contributed by atoms with Crippen LogP contribution in [0, 0.1) is 0 Å². The lowest BCUT2D eigenvalue weighted by Crippen LogP contribution is -2.28. The number of nitrogens with one attached hydrogen (secondary N) is 2. The molecule has 1 aliphatic rings. The highest BCUT2D eigenvalue weighted by Crippen LogP contribution is 2.24. The molecule has 0 unspecified atom stereocenters. The van der Waals surface area contributed by atoms with Crippen molar-refractivity contribution in [2.24, 2.45) is 0 Å². The summed E-state index contributed by atoms with van der Waals surface area (Å²) >= 11 is 0. The van der Waals surface area contributed by atoms with Crippen molar-refractivity contribution in [1.29, 1.82) is 0 Å². The van der Waals surface area contributed by atoms with Gasteiger partial charge < -0.3 is 20.2 Å². The molecule has 0 radical (unpaired) electrons. The fourth-order valence-electron chi connectivity index (χ4n) is 2.53. The highest BCUT2D eigenvalue weighted by atomic mass is 16.4. The van der Waals surface area contributed by atoms with Crippen LogP contribution in [0.2, 0.25) is 0 Å². The molecule has 1 heterocycles. The lowest BCUT2D eigenvalue weighted by atomic mass is 10.1. The molecule has 0 atom stereocenters. The van der Waals surface area contributed by atoms with Crippen molar-refractivity contribution in [2.45, 2.75) is 25.8 Å². The molecule has 6 heteroatoms. The van der Waals surface area contributed by atoms with Crippen LogP contribution < -0.4 is 16.1 Å². The fourth-order valence-corrected chi connectivity index (χ4v) is 2.53. The quantitative estimate of drug-likeness (QED) is 0.810. The number of hydrogen-bond acceptors (Lipinski definition) is 4. The first-order chi connectivity index (χ1) is 10.6. The van der Waals surface area contributed by atoms with Gasteiger partial charge in [-0.15, -0.1) is 0 Å². The molecular formula is C16H16N2O4. The van der Waals surface area contributed by atoms with E-state index in [2.05, 4.69) is 10.6 Å². The van der Waals surface area contributed by atoms with Crippen molar-refractivity contribution in [2.75, 3.05) is 5.32 Å². The van der Waals surface area contributed by atoms with Crippen molar-refractivity contribution >= 4 is 11.7 Å². The molecule has 22 heavy (non-hydrogen) atoms. The number of carbonyl (C=O) groups excluding carboxylic acids is 1. The third kappa shape index (κ3) is 3.11. The molecule has 2 aromatic rings. The summed E-state index contributed by atoms with van der Waals surface area (Å²) in [7, 11) is 0. The molecule has 0 aliphatic heterocycles. The summed E-state index contributed by atoms with van der Waals surface area (Å²) in [4.78, 5) is 23.1. The third-order valence-corrected chi connectivity index (χ3v) is 3.65. The number of fused-ring (bicyclic) bond motifs is 1. The molecule has 3 N–H and O–H groups in total. The van der Waals surface area contributed by atoms with Gasteiger partial charge in [-0.05, 0) is 42.5 Å². The maximum Gasteiger partial charge on any atom is 0.319 e. The van der Waals surface area contributed by atoms with Crippen LogP contribution in [-0.2, 0) is 19.4 Å². The van der Waals surface area contributed by atoms with Gasteiger partial charge in [-0.2, -0.15) is 0 Å². The minimum atomic E-state index is -0.540. The minimum Gasteiger partial charge on any atom is -0.502 e. The van der Waals surface area contributed by atoms with Gasteiger partial charge in [0.1, 0.15) is 12.0 Å². The Morgan fingerprint density at radius 2 is 2.05 bits per heavy atom. The zero-order valence-corrected chi connectivity index (χ0v) is 11.9. The number of amides is 2. The second-order valence-electron chi connectivity index (χ2n) is 5.24. The van der Waals surface area contributed by atoms with Crippen LogP contribution in [-0.4, -0.2) is 11.1 Å². The molecule has 3 rings (SSSR count). The monoisotopic (exact) mass is 300 g/mol. The Kier molecular flexibility index (Phi) is 3.82. The van der Waals surface area contributed by atoms with E-state index < -0.39 is 11.2 Å². The summed E-state index contributed by atoms with van der Waals surface area (Å²) in [6, 6.07) is 6.67. The highest BCUT2D eigenvalue weighted by Gasteiger charge is 2.12. The van der Waals surface area contributed by atoms with Gasteiger partial charge in [0.25, 0.3) is 0 Å². The van der Waals surface area contributed by atoms with Gasteiger partial charge >= 0.3 is 6.03 Å². The van der Waals surface area contributed by atoms with E-state index in [-0.39, 0.29) is 18.3 Å². The highest BCUT2D eigenvalue weighted by molar-refractivity contribution is 5.89. The molecule has 0 saturated carbocycles. The fraction of sp³-hybridized carbons (Fsp3) is 0.250. The van der Waals surface area contributed by atoms with Gasteiger partial charge in [0.05, 0.1) is 6.54 Å². The number of aromatic hydroxyl groups is 1. The Bertz CT molecular complexity index is 767. The van der Waals surface area contributed by atoms with E-state index in [1.54, 1.807) is 0 Å². The number of rotatable bonds is 3. The molecule has 0 bridgehead atoms. The summed E-state index contributed by atoms with van der Waals surface area (Å²) < 4.78 is 5.01. The summed E-state index contributed by atoms with van der Waals surface area (Å²) in [5.74, 6) is -0.182. The lowest BCUT2D eigenvalue weighted by Gasteiger charge is -2.08. The van der Waals surface area contributed by atoms with Gasteiger partial charge in [0.15, 0.2) is 5.75 Å². The van der Waals surface area contributed by atoms with Crippen molar-refractivity contribution in [3.8, 4) is 5.75 Å². The summed E-state index contributed by atoms with van der Waals surface area (Å²) in [5.41, 5.74) is 2.83. The third-order valence-electron chi connectivity index (χ3n) is 3.65. The number of carbonyl (C=O) groups is 1. The number of hydrogen-bond donors (Lipinski definition) is 3. The van der Waals surface area contributed by atoms with Gasteiger partial charge in [-0.25, -0.2) is 4.79 Å². The Hall–Kier alpha value is -2.76. The summed E-state index contributed by atoms with van der Waals surface area (Å²) in [6.45, 7) is 0.0618. The molecule has 0 saturated heterocycles. The molecule has 2 amide bonds. The van der Waals surface area contributed by atoms with E-state index >= 15 is 0 Å². The van der Waals surface area contributed by atoms with Crippen LogP contribution in [0.4, 0.5) is 10.5 Å². The topological polar surface area (TPSA) is 91.6 Å². The van der Waals surface area contributed by atoms with E-state index in [4.69, 9.17) is 9.52 Å². The number of aryl methyl sites for hydroxylation is 2. The maximum atomic E-state index is 11.8. The normalized spacial score (nSPS) is 12.7.